The van der Waals surface area contributed by atoms with Gasteiger partial charge in [0.2, 0.25) is 5.88 Å². The third kappa shape index (κ3) is 6.44. The third-order valence-corrected chi connectivity index (χ3v) is 3.82. The Bertz CT molecular complexity index is 487. The summed E-state index contributed by atoms with van der Waals surface area (Å²) in [7, 11) is 1.76. The van der Waals surface area contributed by atoms with E-state index in [1.54, 1.807) is 13.2 Å². The predicted octanol–water partition coefficient (Wildman–Crippen LogP) is 2.10. The number of aliphatic imine (C=N–C) groups is 1. The van der Waals surface area contributed by atoms with E-state index in [-0.39, 0.29) is 0 Å². The molecule has 1 fully saturated rings. The van der Waals surface area contributed by atoms with Crippen LogP contribution in [0.2, 0.25) is 0 Å². The number of pyridine rings is 1. The van der Waals surface area contributed by atoms with Crippen molar-refractivity contribution >= 4 is 5.96 Å². The second-order valence-electron chi connectivity index (χ2n) is 5.58. The summed E-state index contributed by atoms with van der Waals surface area (Å²) in [6, 6.07) is 3.99. The Morgan fingerprint density at radius 1 is 1.35 bits per heavy atom. The van der Waals surface area contributed by atoms with Crippen molar-refractivity contribution in [2.75, 3.05) is 26.8 Å². The molecule has 1 aromatic rings. The van der Waals surface area contributed by atoms with Gasteiger partial charge in [0, 0.05) is 39.0 Å². The zero-order valence-corrected chi connectivity index (χ0v) is 14.2. The Hall–Kier alpha value is -1.82. The first kappa shape index (κ1) is 17.5. The SMILES string of the molecule is CCOCCNC(=NC)NCc1ccnc(OC2CCCC2)c1. The smallest absolute Gasteiger partial charge is 0.213 e. The molecule has 0 radical (unpaired) electrons. The van der Waals surface area contributed by atoms with E-state index >= 15 is 0 Å². The molecule has 2 N–H and O–H groups in total. The number of hydrogen-bond donors (Lipinski definition) is 2. The number of aromatic nitrogens is 1. The quantitative estimate of drug-likeness (QED) is 0.436. The molecular formula is C17H28N4O2. The molecule has 1 saturated carbocycles. The Morgan fingerprint density at radius 2 is 2.17 bits per heavy atom. The number of rotatable bonds is 8. The highest BCUT2D eigenvalue weighted by molar-refractivity contribution is 5.79. The maximum atomic E-state index is 5.94. The van der Waals surface area contributed by atoms with Crippen molar-refractivity contribution in [3.63, 3.8) is 0 Å². The Labute approximate surface area is 138 Å². The highest BCUT2D eigenvalue weighted by Crippen LogP contribution is 2.23. The molecule has 0 bridgehead atoms. The largest absolute Gasteiger partial charge is 0.474 e. The van der Waals surface area contributed by atoms with Crippen molar-refractivity contribution in [3.8, 4) is 5.88 Å². The molecule has 0 spiro atoms. The second-order valence-corrected chi connectivity index (χ2v) is 5.58. The van der Waals surface area contributed by atoms with E-state index in [1.807, 2.05) is 19.1 Å². The highest BCUT2D eigenvalue weighted by Gasteiger charge is 2.16. The lowest BCUT2D eigenvalue weighted by atomic mass is 10.2. The summed E-state index contributed by atoms with van der Waals surface area (Å²) in [5, 5.41) is 6.50. The van der Waals surface area contributed by atoms with Crippen molar-refractivity contribution in [2.24, 2.45) is 4.99 Å². The van der Waals surface area contributed by atoms with Gasteiger partial charge >= 0.3 is 0 Å². The van der Waals surface area contributed by atoms with Crippen LogP contribution in [0.3, 0.4) is 0 Å². The molecule has 1 aliphatic rings. The molecule has 128 valence electrons. The summed E-state index contributed by atoms with van der Waals surface area (Å²) in [6.07, 6.45) is 6.93. The van der Waals surface area contributed by atoms with Gasteiger partial charge in [0.05, 0.1) is 6.61 Å². The molecule has 6 heteroatoms. The first-order valence-electron chi connectivity index (χ1n) is 8.45. The molecular weight excluding hydrogens is 292 g/mol. The first-order valence-corrected chi connectivity index (χ1v) is 8.45. The molecule has 0 saturated heterocycles. The van der Waals surface area contributed by atoms with E-state index < -0.39 is 0 Å². The van der Waals surface area contributed by atoms with E-state index in [9.17, 15) is 0 Å². The van der Waals surface area contributed by atoms with Crippen LogP contribution < -0.4 is 15.4 Å². The summed E-state index contributed by atoms with van der Waals surface area (Å²) in [6.45, 7) is 4.81. The van der Waals surface area contributed by atoms with Gasteiger partial charge in [0.15, 0.2) is 5.96 Å². The van der Waals surface area contributed by atoms with Crippen LogP contribution in [0.1, 0.15) is 38.2 Å². The van der Waals surface area contributed by atoms with Gasteiger partial charge in [-0.2, -0.15) is 0 Å². The van der Waals surface area contributed by atoms with Crippen LogP contribution in [0, 0.1) is 0 Å². The highest BCUT2D eigenvalue weighted by atomic mass is 16.5. The Kier molecular flexibility index (Phi) is 7.66. The fourth-order valence-electron chi connectivity index (χ4n) is 2.59. The van der Waals surface area contributed by atoms with Crippen LogP contribution in [0.4, 0.5) is 0 Å². The van der Waals surface area contributed by atoms with E-state index in [2.05, 4.69) is 20.6 Å². The molecule has 0 aliphatic heterocycles. The van der Waals surface area contributed by atoms with Gasteiger partial charge in [-0.15, -0.1) is 0 Å². The van der Waals surface area contributed by atoms with Crippen LogP contribution >= 0.6 is 0 Å². The fraction of sp³-hybridized carbons (Fsp3) is 0.647. The average molecular weight is 320 g/mol. The van der Waals surface area contributed by atoms with Crippen LogP contribution in [0.25, 0.3) is 0 Å². The molecule has 23 heavy (non-hydrogen) atoms. The van der Waals surface area contributed by atoms with Gasteiger partial charge in [-0.3, -0.25) is 4.99 Å². The normalized spacial score (nSPS) is 15.7. The van der Waals surface area contributed by atoms with E-state index in [4.69, 9.17) is 9.47 Å². The molecule has 0 atom stereocenters. The lowest BCUT2D eigenvalue weighted by Crippen LogP contribution is -2.38. The number of hydrogen-bond acceptors (Lipinski definition) is 4. The standard InChI is InChI=1S/C17H28N4O2/c1-3-22-11-10-20-17(18-2)21-13-14-8-9-19-16(12-14)23-15-6-4-5-7-15/h8-9,12,15H,3-7,10-11,13H2,1-2H3,(H2,18,20,21). The molecule has 6 nitrogen and oxygen atoms in total. The van der Waals surface area contributed by atoms with Crippen molar-refractivity contribution in [3.05, 3.63) is 23.9 Å². The summed E-state index contributed by atoms with van der Waals surface area (Å²) < 4.78 is 11.2. The fourth-order valence-corrected chi connectivity index (χ4v) is 2.59. The van der Waals surface area contributed by atoms with Crippen molar-refractivity contribution < 1.29 is 9.47 Å². The molecule has 1 heterocycles. The second kappa shape index (κ2) is 10.0. The average Bonchev–Trinajstić information content (AvgIpc) is 3.07. The lowest BCUT2D eigenvalue weighted by Gasteiger charge is -2.14. The number of nitrogens with one attached hydrogen (secondary N) is 2. The topological polar surface area (TPSA) is 67.8 Å². The number of nitrogens with zero attached hydrogens (tertiary/aromatic N) is 2. The Morgan fingerprint density at radius 3 is 2.91 bits per heavy atom. The molecule has 1 aliphatic carbocycles. The summed E-state index contributed by atoms with van der Waals surface area (Å²) in [5.41, 5.74) is 1.13. The number of ether oxygens (including phenoxy) is 2. The molecule has 0 amide bonds. The van der Waals surface area contributed by atoms with Crippen LogP contribution in [0.15, 0.2) is 23.3 Å². The molecule has 1 aromatic heterocycles. The zero-order valence-electron chi connectivity index (χ0n) is 14.2. The van der Waals surface area contributed by atoms with Gasteiger partial charge < -0.3 is 20.1 Å². The molecule has 0 aromatic carbocycles. The van der Waals surface area contributed by atoms with Gasteiger partial charge in [-0.1, -0.05) is 0 Å². The predicted molar refractivity (Wildman–Crippen MR) is 91.8 cm³/mol. The minimum atomic E-state index is 0.332. The van der Waals surface area contributed by atoms with E-state index in [1.165, 1.54) is 12.8 Å². The summed E-state index contributed by atoms with van der Waals surface area (Å²) >= 11 is 0. The van der Waals surface area contributed by atoms with Crippen LogP contribution in [-0.2, 0) is 11.3 Å². The zero-order chi connectivity index (χ0) is 16.3. The van der Waals surface area contributed by atoms with E-state index in [0.717, 1.165) is 43.4 Å². The van der Waals surface area contributed by atoms with Crippen LogP contribution in [0.5, 0.6) is 5.88 Å². The first-order chi connectivity index (χ1) is 11.3. The molecule has 2 rings (SSSR count). The van der Waals surface area contributed by atoms with Gasteiger partial charge in [-0.25, -0.2) is 4.98 Å². The maximum absolute atomic E-state index is 5.94. The van der Waals surface area contributed by atoms with Gasteiger partial charge in [0.1, 0.15) is 6.10 Å². The molecule has 0 unspecified atom stereocenters. The minimum absolute atomic E-state index is 0.332. The van der Waals surface area contributed by atoms with Crippen molar-refractivity contribution in [2.45, 2.75) is 45.3 Å². The van der Waals surface area contributed by atoms with Gasteiger partial charge in [0.25, 0.3) is 0 Å². The lowest BCUT2D eigenvalue weighted by molar-refractivity contribution is 0.152. The minimum Gasteiger partial charge on any atom is -0.474 e. The van der Waals surface area contributed by atoms with Crippen molar-refractivity contribution in [1.29, 1.82) is 0 Å². The van der Waals surface area contributed by atoms with E-state index in [0.29, 0.717) is 19.3 Å². The summed E-state index contributed by atoms with van der Waals surface area (Å²) in [5.74, 6) is 1.48. The maximum Gasteiger partial charge on any atom is 0.213 e. The van der Waals surface area contributed by atoms with Crippen molar-refractivity contribution in [1.82, 2.24) is 15.6 Å². The Balaban J connectivity index is 1.77. The third-order valence-electron chi connectivity index (χ3n) is 3.82. The summed E-state index contributed by atoms with van der Waals surface area (Å²) in [4.78, 5) is 8.51. The van der Waals surface area contributed by atoms with Gasteiger partial charge in [-0.05, 0) is 44.2 Å². The monoisotopic (exact) mass is 320 g/mol. The van der Waals surface area contributed by atoms with Crippen LogP contribution in [-0.4, -0.2) is 43.9 Å². The number of guanidine groups is 1.